The SMILES string of the molecule is Nc1ccc(NC(=O)c2cccc3ncccc23)nc1. The van der Waals surface area contributed by atoms with Gasteiger partial charge in [0.2, 0.25) is 0 Å². The third kappa shape index (κ3) is 2.29. The first-order valence-electron chi connectivity index (χ1n) is 6.11. The summed E-state index contributed by atoms with van der Waals surface area (Å²) in [7, 11) is 0. The van der Waals surface area contributed by atoms with Gasteiger partial charge in [-0.3, -0.25) is 9.78 Å². The fourth-order valence-corrected chi connectivity index (χ4v) is 1.96. The normalized spacial score (nSPS) is 10.4. The standard InChI is InChI=1S/C15H12N4O/c16-10-6-7-14(18-9-10)19-15(20)12-3-1-5-13-11(12)4-2-8-17-13/h1-9H,16H2,(H,18,19,20). The second-order valence-corrected chi connectivity index (χ2v) is 4.31. The first-order chi connectivity index (χ1) is 9.74. The first kappa shape index (κ1) is 12.1. The van der Waals surface area contributed by atoms with Gasteiger partial charge in [-0.2, -0.15) is 0 Å². The molecule has 3 N–H and O–H groups in total. The Hall–Kier alpha value is -2.95. The molecular weight excluding hydrogens is 252 g/mol. The summed E-state index contributed by atoms with van der Waals surface area (Å²) in [5.41, 5.74) is 7.46. The summed E-state index contributed by atoms with van der Waals surface area (Å²) in [5, 5.41) is 3.55. The van der Waals surface area contributed by atoms with Gasteiger partial charge in [0.15, 0.2) is 0 Å². The van der Waals surface area contributed by atoms with Crippen LogP contribution >= 0.6 is 0 Å². The second-order valence-electron chi connectivity index (χ2n) is 4.31. The number of carbonyl (C=O) groups is 1. The minimum atomic E-state index is -0.221. The van der Waals surface area contributed by atoms with Gasteiger partial charge in [0, 0.05) is 17.1 Å². The van der Waals surface area contributed by atoms with Crippen LogP contribution in [0.25, 0.3) is 10.9 Å². The van der Waals surface area contributed by atoms with Crippen LogP contribution in [0.1, 0.15) is 10.4 Å². The van der Waals surface area contributed by atoms with Crippen molar-refractivity contribution in [2.75, 3.05) is 11.1 Å². The molecule has 1 amide bonds. The van der Waals surface area contributed by atoms with Gasteiger partial charge >= 0.3 is 0 Å². The molecule has 0 fully saturated rings. The van der Waals surface area contributed by atoms with E-state index in [1.807, 2.05) is 12.1 Å². The van der Waals surface area contributed by atoms with Crippen LogP contribution in [0.15, 0.2) is 54.9 Å². The van der Waals surface area contributed by atoms with Gasteiger partial charge in [-0.15, -0.1) is 0 Å². The average Bonchev–Trinajstić information content (AvgIpc) is 2.49. The van der Waals surface area contributed by atoms with Crippen LogP contribution in [-0.2, 0) is 0 Å². The molecule has 20 heavy (non-hydrogen) atoms. The van der Waals surface area contributed by atoms with Crippen LogP contribution in [0.4, 0.5) is 11.5 Å². The Morgan fingerprint density at radius 2 is 1.95 bits per heavy atom. The van der Waals surface area contributed by atoms with Crippen molar-refractivity contribution in [2.24, 2.45) is 0 Å². The van der Waals surface area contributed by atoms with E-state index >= 15 is 0 Å². The number of benzene rings is 1. The Labute approximate surface area is 115 Å². The molecule has 0 aliphatic heterocycles. The minimum Gasteiger partial charge on any atom is -0.397 e. The highest BCUT2D eigenvalue weighted by molar-refractivity contribution is 6.12. The fourth-order valence-electron chi connectivity index (χ4n) is 1.96. The number of nitrogens with zero attached hydrogens (tertiary/aromatic N) is 2. The van der Waals surface area contributed by atoms with Crippen molar-refractivity contribution in [2.45, 2.75) is 0 Å². The van der Waals surface area contributed by atoms with E-state index in [9.17, 15) is 4.79 Å². The monoisotopic (exact) mass is 264 g/mol. The molecule has 1 aromatic carbocycles. The highest BCUT2D eigenvalue weighted by Crippen LogP contribution is 2.17. The number of nitrogen functional groups attached to an aromatic ring is 1. The largest absolute Gasteiger partial charge is 0.397 e. The number of hydrogen-bond acceptors (Lipinski definition) is 4. The smallest absolute Gasteiger partial charge is 0.257 e. The van der Waals surface area contributed by atoms with Gasteiger partial charge in [-0.1, -0.05) is 12.1 Å². The number of carbonyl (C=O) groups excluding carboxylic acids is 1. The van der Waals surface area contributed by atoms with E-state index in [0.29, 0.717) is 17.1 Å². The van der Waals surface area contributed by atoms with Crippen LogP contribution in [0.2, 0.25) is 0 Å². The van der Waals surface area contributed by atoms with E-state index in [2.05, 4.69) is 15.3 Å². The number of nitrogens with two attached hydrogens (primary N) is 1. The molecule has 5 heteroatoms. The molecule has 0 spiro atoms. The molecule has 0 bridgehead atoms. The first-order valence-corrected chi connectivity index (χ1v) is 6.11. The van der Waals surface area contributed by atoms with E-state index in [-0.39, 0.29) is 5.91 Å². The molecule has 2 aromatic heterocycles. The molecule has 5 nitrogen and oxygen atoms in total. The van der Waals surface area contributed by atoms with Crippen LogP contribution < -0.4 is 11.1 Å². The Kier molecular flexibility index (Phi) is 3.01. The lowest BCUT2D eigenvalue weighted by molar-refractivity contribution is 0.102. The number of fused-ring (bicyclic) bond motifs is 1. The molecule has 0 saturated carbocycles. The zero-order valence-electron chi connectivity index (χ0n) is 10.6. The van der Waals surface area contributed by atoms with Gasteiger partial charge in [0.25, 0.3) is 5.91 Å². The molecule has 98 valence electrons. The molecule has 0 saturated heterocycles. The van der Waals surface area contributed by atoms with Gasteiger partial charge in [0.1, 0.15) is 5.82 Å². The highest BCUT2D eigenvalue weighted by atomic mass is 16.1. The summed E-state index contributed by atoms with van der Waals surface area (Å²) in [4.78, 5) is 20.6. The molecule has 0 atom stereocenters. The predicted molar refractivity (Wildman–Crippen MR) is 78.3 cm³/mol. The average molecular weight is 264 g/mol. The molecule has 3 aromatic rings. The maximum absolute atomic E-state index is 12.3. The van der Waals surface area contributed by atoms with Crippen molar-refractivity contribution in [3.8, 4) is 0 Å². The van der Waals surface area contributed by atoms with Crippen molar-refractivity contribution in [1.82, 2.24) is 9.97 Å². The maximum atomic E-state index is 12.3. The van der Waals surface area contributed by atoms with Gasteiger partial charge < -0.3 is 11.1 Å². The Bertz CT molecular complexity index is 763. The summed E-state index contributed by atoms with van der Waals surface area (Å²) in [5.74, 6) is 0.242. The van der Waals surface area contributed by atoms with Gasteiger partial charge in [-0.25, -0.2) is 4.98 Å². The van der Waals surface area contributed by atoms with Gasteiger partial charge in [0.05, 0.1) is 17.4 Å². The number of amides is 1. The lowest BCUT2D eigenvalue weighted by atomic mass is 10.1. The molecule has 0 unspecified atom stereocenters. The van der Waals surface area contributed by atoms with Gasteiger partial charge in [-0.05, 0) is 30.3 Å². The number of aromatic nitrogens is 2. The number of pyridine rings is 2. The number of anilines is 2. The molecular formula is C15H12N4O. The molecule has 3 rings (SSSR count). The Balaban J connectivity index is 1.94. The summed E-state index contributed by atoms with van der Waals surface area (Å²) in [6, 6.07) is 12.5. The number of hydrogen-bond donors (Lipinski definition) is 2. The van der Waals surface area contributed by atoms with E-state index in [1.54, 1.807) is 36.5 Å². The van der Waals surface area contributed by atoms with E-state index < -0.39 is 0 Å². The lowest BCUT2D eigenvalue weighted by Crippen LogP contribution is -2.13. The predicted octanol–water partition coefficient (Wildman–Crippen LogP) is 2.46. The second kappa shape index (κ2) is 4.97. The summed E-state index contributed by atoms with van der Waals surface area (Å²) < 4.78 is 0. The van der Waals surface area contributed by atoms with Crippen molar-refractivity contribution in [1.29, 1.82) is 0 Å². The molecule has 0 radical (unpaired) electrons. The van der Waals surface area contributed by atoms with E-state index in [4.69, 9.17) is 5.73 Å². The van der Waals surface area contributed by atoms with E-state index in [1.165, 1.54) is 6.20 Å². The topological polar surface area (TPSA) is 80.9 Å². The third-order valence-corrected chi connectivity index (χ3v) is 2.92. The summed E-state index contributed by atoms with van der Waals surface area (Å²) in [6.45, 7) is 0. The van der Waals surface area contributed by atoms with Crippen LogP contribution in [0.3, 0.4) is 0 Å². The Morgan fingerprint density at radius 1 is 1.05 bits per heavy atom. The van der Waals surface area contributed by atoms with Crippen molar-refractivity contribution < 1.29 is 4.79 Å². The molecule has 0 aliphatic rings. The van der Waals surface area contributed by atoms with Crippen molar-refractivity contribution in [3.63, 3.8) is 0 Å². The van der Waals surface area contributed by atoms with Crippen molar-refractivity contribution in [3.05, 3.63) is 60.4 Å². The number of rotatable bonds is 2. The third-order valence-electron chi connectivity index (χ3n) is 2.92. The van der Waals surface area contributed by atoms with Crippen LogP contribution in [-0.4, -0.2) is 15.9 Å². The Morgan fingerprint density at radius 3 is 2.75 bits per heavy atom. The van der Waals surface area contributed by atoms with Crippen molar-refractivity contribution >= 4 is 28.3 Å². The molecule has 0 aliphatic carbocycles. The van der Waals surface area contributed by atoms with Crippen LogP contribution in [0, 0.1) is 0 Å². The minimum absolute atomic E-state index is 0.221. The summed E-state index contributed by atoms with van der Waals surface area (Å²) in [6.07, 6.45) is 3.20. The summed E-state index contributed by atoms with van der Waals surface area (Å²) >= 11 is 0. The molecule has 2 heterocycles. The number of nitrogens with one attached hydrogen (secondary N) is 1. The fraction of sp³-hybridized carbons (Fsp3) is 0. The maximum Gasteiger partial charge on any atom is 0.257 e. The zero-order valence-corrected chi connectivity index (χ0v) is 10.6. The van der Waals surface area contributed by atoms with Crippen LogP contribution in [0.5, 0.6) is 0 Å². The lowest BCUT2D eigenvalue weighted by Gasteiger charge is -2.07. The van der Waals surface area contributed by atoms with E-state index in [0.717, 1.165) is 10.9 Å². The quantitative estimate of drug-likeness (QED) is 0.745. The zero-order chi connectivity index (χ0) is 13.9. The highest BCUT2D eigenvalue weighted by Gasteiger charge is 2.10.